The fraction of sp³-hybridized carbons (Fsp3) is 0.400. The molecular weight excluding hydrogens is 266 g/mol. The highest BCUT2D eigenvalue weighted by molar-refractivity contribution is 5.91. The minimum atomic E-state index is -0.214. The first-order valence-corrected chi connectivity index (χ1v) is 7.17. The van der Waals surface area contributed by atoms with E-state index in [0.29, 0.717) is 18.0 Å². The molecule has 0 radical (unpaired) electrons. The molecule has 1 aromatic carbocycles. The van der Waals surface area contributed by atoms with Gasteiger partial charge in [-0.2, -0.15) is 0 Å². The van der Waals surface area contributed by atoms with Crippen molar-refractivity contribution in [1.29, 1.82) is 0 Å². The monoisotopic (exact) mass is 285 g/mol. The Morgan fingerprint density at radius 1 is 1.29 bits per heavy atom. The van der Waals surface area contributed by atoms with Gasteiger partial charge >= 0.3 is 0 Å². The first-order valence-electron chi connectivity index (χ1n) is 7.17. The molecule has 110 valence electrons. The van der Waals surface area contributed by atoms with E-state index in [-0.39, 0.29) is 5.91 Å². The summed E-state index contributed by atoms with van der Waals surface area (Å²) in [6.45, 7) is 1.75. The third-order valence-electron chi connectivity index (χ3n) is 4.04. The molecule has 1 aromatic heterocycles. The topological polar surface area (TPSA) is 98.1 Å². The molecule has 0 saturated carbocycles. The molecule has 2 heterocycles. The van der Waals surface area contributed by atoms with E-state index in [0.717, 1.165) is 42.7 Å². The predicted octanol–water partition coefficient (Wildman–Crippen LogP) is 1.30. The zero-order valence-electron chi connectivity index (χ0n) is 11.8. The van der Waals surface area contributed by atoms with Gasteiger partial charge in [-0.1, -0.05) is 0 Å². The number of anilines is 2. The lowest BCUT2D eigenvalue weighted by molar-refractivity contribution is -0.119. The van der Waals surface area contributed by atoms with E-state index in [1.54, 1.807) is 6.33 Å². The van der Waals surface area contributed by atoms with E-state index in [9.17, 15) is 4.79 Å². The highest BCUT2D eigenvalue weighted by Gasteiger charge is 2.22. The van der Waals surface area contributed by atoms with Crippen LogP contribution in [0.1, 0.15) is 19.3 Å². The number of nitrogen functional groups attached to an aromatic ring is 1. The lowest BCUT2D eigenvalue weighted by Crippen LogP contribution is -2.35. The van der Waals surface area contributed by atoms with Gasteiger partial charge in [0.1, 0.15) is 12.1 Å². The molecule has 1 saturated heterocycles. The maximum atomic E-state index is 11.0. The van der Waals surface area contributed by atoms with E-state index in [1.165, 1.54) is 0 Å². The molecule has 6 nitrogen and oxygen atoms in total. The highest BCUT2D eigenvalue weighted by Crippen LogP contribution is 2.29. The SMILES string of the molecule is NC(=O)CC1CCN(c2ncnc3ccc(N)cc23)CC1. The number of nitrogens with zero attached hydrogens (tertiary/aromatic N) is 3. The zero-order chi connectivity index (χ0) is 14.8. The Labute approximate surface area is 123 Å². The van der Waals surface area contributed by atoms with Gasteiger partial charge in [0.05, 0.1) is 5.52 Å². The Balaban J connectivity index is 1.82. The van der Waals surface area contributed by atoms with Gasteiger partial charge in [0.15, 0.2) is 0 Å². The van der Waals surface area contributed by atoms with Crippen molar-refractivity contribution in [3.8, 4) is 0 Å². The number of hydrogen-bond donors (Lipinski definition) is 2. The quantitative estimate of drug-likeness (QED) is 0.828. The standard InChI is InChI=1S/C15H19N5O/c16-11-1-2-13-12(8-11)15(19-9-18-13)20-5-3-10(4-6-20)7-14(17)21/h1-2,8-10H,3-7,16H2,(H2,17,21). The minimum Gasteiger partial charge on any atom is -0.399 e. The number of hydrogen-bond acceptors (Lipinski definition) is 5. The fourth-order valence-corrected chi connectivity index (χ4v) is 2.95. The van der Waals surface area contributed by atoms with Gasteiger partial charge in [0, 0.05) is 30.6 Å². The van der Waals surface area contributed by atoms with Crippen molar-refractivity contribution in [2.24, 2.45) is 11.7 Å². The van der Waals surface area contributed by atoms with E-state index in [4.69, 9.17) is 11.5 Å². The number of rotatable bonds is 3. The molecule has 0 atom stereocenters. The summed E-state index contributed by atoms with van der Waals surface area (Å²) < 4.78 is 0. The molecule has 2 aromatic rings. The molecule has 1 aliphatic rings. The summed E-state index contributed by atoms with van der Waals surface area (Å²) in [5.74, 6) is 1.09. The van der Waals surface area contributed by atoms with E-state index >= 15 is 0 Å². The number of piperidine rings is 1. The molecule has 6 heteroatoms. The Bertz CT molecular complexity index is 664. The number of nitrogens with two attached hydrogens (primary N) is 2. The predicted molar refractivity (Wildman–Crippen MR) is 82.7 cm³/mol. The average molecular weight is 285 g/mol. The summed E-state index contributed by atoms with van der Waals surface area (Å²) in [4.78, 5) is 21.9. The van der Waals surface area contributed by atoms with Crippen LogP contribution in [-0.2, 0) is 4.79 Å². The Kier molecular flexibility index (Phi) is 3.60. The van der Waals surface area contributed by atoms with Crippen LogP contribution in [-0.4, -0.2) is 29.0 Å². The van der Waals surface area contributed by atoms with Crippen LogP contribution in [0.5, 0.6) is 0 Å². The van der Waals surface area contributed by atoms with Gasteiger partial charge in [-0.25, -0.2) is 9.97 Å². The summed E-state index contributed by atoms with van der Waals surface area (Å²) in [7, 11) is 0. The molecule has 4 N–H and O–H groups in total. The number of primary amides is 1. The largest absolute Gasteiger partial charge is 0.399 e. The smallest absolute Gasteiger partial charge is 0.217 e. The fourth-order valence-electron chi connectivity index (χ4n) is 2.95. The number of aromatic nitrogens is 2. The van der Waals surface area contributed by atoms with Crippen LogP contribution in [0, 0.1) is 5.92 Å². The molecule has 0 aliphatic carbocycles. The van der Waals surface area contributed by atoms with Crippen LogP contribution in [0.25, 0.3) is 10.9 Å². The maximum Gasteiger partial charge on any atom is 0.217 e. The molecule has 0 spiro atoms. The van der Waals surface area contributed by atoms with Crippen molar-refractivity contribution in [3.05, 3.63) is 24.5 Å². The van der Waals surface area contributed by atoms with Crippen LogP contribution < -0.4 is 16.4 Å². The van der Waals surface area contributed by atoms with Crippen molar-refractivity contribution >= 4 is 28.3 Å². The van der Waals surface area contributed by atoms with Gasteiger partial charge in [-0.3, -0.25) is 4.79 Å². The van der Waals surface area contributed by atoms with Crippen molar-refractivity contribution in [1.82, 2.24) is 9.97 Å². The second kappa shape index (κ2) is 5.55. The van der Waals surface area contributed by atoms with Gasteiger partial charge in [0.2, 0.25) is 5.91 Å². The molecule has 0 unspecified atom stereocenters. The molecule has 1 aliphatic heterocycles. The Hall–Kier alpha value is -2.37. The Morgan fingerprint density at radius 3 is 2.76 bits per heavy atom. The van der Waals surface area contributed by atoms with Crippen LogP contribution in [0.15, 0.2) is 24.5 Å². The third-order valence-corrected chi connectivity index (χ3v) is 4.04. The van der Waals surface area contributed by atoms with Gasteiger partial charge in [-0.15, -0.1) is 0 Å². The second-order valence-corrected chi connectivity index (χ2v) is 5.57. The van der Waals surface area contributed by atoms with Crippen LogP contribution in [0.4, 0.5) is 11.5 Å². The number of carbonyl (C=O) groups excluding carboxylic acids is 1. The van der Waals surface area contributed by atoms with Crippen LogP contribution in [0.2, 0.25) is 0 Å². The van der Waals surface area contributed by atoms with Crippen LogP contribution >= 0.6 is 0 Å². The van der Waals surface area contributed by atoms with E-state index in [1.807, 2.05) is 18.2 Å². The van der Waals surface area contributed by atoms with Crippen molar-refractivity contribution < 1.29 is 4.79 Å². The third kappa shape index (κ3) is 2.89. The molecule has 1 fully saturated rings. The molecule has 3 rings (SSSR count). The number of fused-ring (bicyclic) bond motifs is 1. The summed E-state index contributed by atoms with van der Waals surface area (Å²) in [5, 5.41) is 0.978. The lowest BCUT2D eigenvalue weighted by Gasteiger charge is -2.32. The highest BCUT2D eigenvalue weighted by atomic mass is 16.1. The first kappa shape index (κ1) is 13.6. The zero-order valence-corrected chi connectivity index (χ0v) is 11.8. The second-order valence-electron chi connectivity index (χ2n) is 5.57. The summed E-state index contributed by atoms with van der Waals surface area (Å²) in [6, 6.07) is 5.67. The van der Waals surface area contributed by atoms with Gasteiger partial charge < -0.3 is 16.4 Å². The molecule has 21 heavy (non-hydrogen) atoms. The molecule has 1 amide bonds. The van der Waals surface area contributed by atoms with Crippen LogP contribution in [0.3, 0.4) is 0 Å². The average Bonchev–Trinajstić information content (AvgIpc) is 2.47. The Morgan fingerprint density at radius 2 is 2.05 bits per heavy atom. The minimum absolute atomic E-state index is 0.214. The number of carbonyl (C=O) groups is 1. The first-order chi connectivity index (χ1) is 10.1. The summed E-state index contributed by atoms with van der Waals surface area (Å²) >= 11 is 0. The van der Waals surface area contributed by atoms with Crippen molar-refractivity contribution in [2.45, 2.75) is 19.3 Å². The van der Waals surface area contributed by atoms with E-state index < -0.39 is 0 Å². The van der Waals surface area contributed by atoms with Gasteiger partial charge in [-0.05, 0) is 37.0 Å². The van der Waals surface area contributed by atoms with E-state index in [2.05, 4.69) is 14.9 Å². The normalized spacial score (nSPS) is 16.3. The summed E-state index contributed by atoms with van der Waals surface area (Å²) in [5.41, 5.74) is 12.8. The number of benzene rings is 1. The lowest BCUT2D eigenvalue weighted by atomic mass is 9.93. The molecular formula is C15H19N5O. The van der Waals surface area contributed by atoms with Crippen molar-refractivity contribution in [2.75, 3.05) is 23.7 Å². The van der Waals surface area contributed by atoms with Gasteiger partial charge in [0.25, 0.3) is 0 Å². The maximum absolute atomic E-state index is 11.0. The van der Waals surface area contributed by atoms with Crippen molar-refractivity contribution in [3.63, 3.8) is 0 Å². The summed E-state index contributed by atoms with van der Waals surface area (Å²) in [6.07, 6.45) is 3.97. The number of amides is 1. The molecule has 0 bridgehead atoms.